The minimum absolute atomic E-state index is 0.0836. The molecule has 1 aliphatic rings. The molecule has 3 atom stereocenters. The normalized spacial score (nSPS) is 30.8. The lowest BCUT2D eigenvalue weighted by Crippen LogP contribution is -2.36. The van der Waals surface area contributed by atoms with Crippen LogP contribution in [0.4, 0.5) is 0 Å². The summed E-state index contributed by atoms with van der Waals surface area (Å²) in [4.78, 5) is 11.7. The molecule has 0 amide bonds. The third-order valence-corrected chi connectivity index (χ3v) is 3.39. The molecule has 0 saturated heterocycles. The Kier molecular flexibility index (Phi) is 4.36. The largest absolute Gasteiger partial charge is 0.462 e. The van der Waals surface area contributed by atoms with Gasteiger partial charge in [0, 0.05) is 6.54 Å². The van der Waals surface area contributed by atoms with E-state index in [1.54, 1.807) is 0 Å². The summed E-state index contributed by atoms with van der Waals surface area (Å²) in [5.74, 6) is 0.312. The quantitative estimate of drug-likeness (QED) is 0.753. The van der Waals surface area contributed by atoms with E-state index in [1.807, 2.05) is 6.92 Å². The second-order valence-corrected chi connectivity index (χ2v) is 6.11. The van der Waals surface area contributed by atoms with Gasteiger partial charge in [0.15, 0.2) is 0 Å². The maximum Gasteiger partial charge on any atom is 0.310 e. The van der Waals surface area contributed by atoms with Crippen molar-refractivity contribution in [2.45, 2.75) is 53.1 Å². The van der Waals surface area contributed by atoms with E-state index in [0.29, 0.717) is 12.5 Å². The van der Waals surface area contributed by atoms with Gasteiger partial charge in [0.05, 0.1) is 5.92 Å². The molecule has 2 N–H and O–H groups in total. The monoisotopic (exact) mass is 227 g/mol. The van der Waals surface area contributed by atoms with Crippen molar-refractivity contribution in [3.05, 3.63) is 0 Å². The van der Waals surface area contributed by atoms with E-state index in [4.69, 9.17) is 10.5 Å². The molecule has 3 nitrogen and oxygen atoms in total. The lowest BCUT2D eigenvalue weighted by Gasteiger charge is -2.38. The number of ether oxygens (including phenoxy) is 1. The van der Waals surface area contributed by atoms with Crippen LogP contribution in [0.2, 0.25) is 0 Å². The van der Waals surface area contributed by atoms with E-state index in [0.717, 1.165) is 12.8 Å². The van der Waals surface area contributed by atoms with Crippen LogP contribution in [0.25, 0.3) is 0 Å². The van der Waals surface area contributed by atoms with Gasteiger partial charge in [-0.1, -0.05) is 27.7 Å². The van der Waals surface area contributed by atoms with Crippen LogP contribution in [0.5, 0.6) is 0 Å². The summed E-state index contributed by atoms with van der Waals surface area (Å²) >= 11 is 0. The van der Waals surface area contributed by atoms with E-state index in [2.05, 4.69) is 20.8 Å². The average Bonchev–Trinajstić information content (AvgIpc) is 2.12. The van der Waals surface area contributed by atoms with Gasteiger partial charge in [0.1, 0.15) is 6.10 Å². The van der Waals surface area contributed by atoms with Gasteiger partial charge in [-0.2, -0.15) is 0 Å². The van der Waals surface area contributed by atoms with Crippen molar-refractivity contribution in [2.75, 3.05) is 6.54 Å². The first-order valence-corrected chi connectivity index (χ1v) is 6.24. The van der Waals surface area contributed by atoms with Gasteiger partial charge in [0.2, 0.25) is 0 Å². The minimum atomic E-state index is -0.180. The van der Waals surface area contributed by atoms with Gasteiger partial charge in [-0.05, 0) is 30.6 Å². The van der Waals surface area contributed by atoms with Gasteiger partial charge >= 0.3 is 5.97 Å². The third-order valence-electron chi connectivity index (χ3n) is 3.39. The second kappa shape index (κ2) is 5.17. The van der Waals surface area contributed by atoms with Gasteiger partial charge in [0.25, 0.3) is 0 Å². The zero-order valence-electron chi connectivity index (χ0n) is 11.0. The number of rotatable bonds is 3. The Morgan fingerprint density at radius 3 is 2.62 bits per heavy atom. The van der Waals surface area contributed by atoms with Crippen LogP contribution in [0.15, 0.2) is 0 Å². The summed E-state index contributed by atoms with van der Waals surface area (Å²) in [6.07, 6.45) is 3.26. The van der Waals surface area contributed by atoms with Crippen molar-refractivity contribution in [2.24, 2.45) is 23.0 Å². The molecular formula is C13H25NO2. The van der Waals surface area contributed by atoms with Crippen molar-refractivity contribution in [3.8, 4) is 0 Å². The number of nitrogens with two attached hydrogens (primary N) is 1. The molecule has 1 saturated carbocycles. The highest BCUT2D eigenvalue weighted by Gasteiger charge is 2.34. The molecule has 94 valence electrons. The summed E-state index contributed by atoms with van der Waals surface area (Å²) in [7, 11) is 0. The van der Waals surface area contributed by atoms with Crippen LogP contribution in [0.1, 0.15) is 47.0 Å². The number of hydrogen-bond donors (Lipinski definition) is 1. The topological polar surface area (TPSA) is 52.3 Å². The summed E-state index contributed by atoms with van der Waals surface area (Å²) in [6.45, 7) is 8.91. The molecule has 0 aromatic rings. The fourth-order valence-corrected chi connectivity index (χ4v) is 2.72. The molecule has 1 aliphatic carbocycles. The second-order valence-electron chi connectivity index (χ2n) is 6.11. The Hall–Kier alpha value is -0.570. The number of carbonyl (C=O) groups is 1. The molecule has 1 fully saturated rings. The average molecular weight is 227 g/mol. The Morgan fingerprint density at radius 2 is 2.12 bits per heavy atom. The number of carbonyl (C=O) groups excluding carboxylic acids is 1. The standard InChI is InChI=1S/C13H25NO2/c1-9-5-11(7-13(3,4)6-9)16-12(15)10(2)8-14/h9-11H,5-8,14H2,1-4H3. The van der Waals surface area contributed by atoms with Gasteiger partial charge < -0.3 is 10.5 Å². The van der Waals surface area contributed by atoms with E-state index in [1.165, 1.54) is 6.42 Å². The molecule has 0 aromatic heterocycles. The van der Waals surface area contributed by atoms with Crippen molar-refractivity contribution in [1.82, 2.24) is 0 Å². The van der Waals surface area contributed by atoms with Crippen LogP contribution < -0.4 is 5.73 Å². The Morgan fingerprint density at radius 1 is 1.50 bits per heavy atom. The molecule has 1 rings (SSSR count). The van der Waals surface area contributed by atoms with Crippen LogP contribution in [-0.4, -0.2) is 18.6 Å². The molecule has 0 aromatic carbocycles. The Labute approximate surface area is 98.7 Å². The molecular weight excluding hydrogens is 202 g/mol. The maximum atomic E-state index is 11.7. The molecule has 3 heteroatoms. The third kappa shape index (κ3) is 3.78. The summed E-state index contributed by atoms with van der Waals surface area (Å²) in [5, 5.41) is 0. The van der Waals surface area contributed by atoms with Crippen LogP contribution >= 0.6 is 0 Å². The van der Waals surface area contributed by atoms with Gasteiger partial charge in [-0.25, -0.2) is 0 Å². The first-order valence-electron chi connectivity index (χ1n) is 6.24. The Bertz CT molecular complexity index is 250. The fourth-order valence-electron chi connectivity index (χ4n) is 2.72. The molecule has 0 heterocycles. The summed E-state index contributed by atoms with van der Waals surface area (Å²) in [6, 6.07) is 0. The van der Waals surface area contributed by atoms with Crippen molar-refractivity contribution < 1.29 is 9.53 Å². The first-order chi connectivity index (χ1) is 7.34. The summed E-state index contributed by atoms with van der Waals surface area (Å²) < 4.78 is 5.53. The van der Waals surface area contributed by atoms with E-state index in [-0.39, 0.29) is 23.4 Å². The molecule has 0 bridgehead atoms. The van der Waals surface area contributed by atoms with Gasteiger partial charge in [-0.3, -0.25) is 4.79 Å². The Balaban J connectivity index is 2.51. The SMILES string of the molecule is CC1CC(OC(=O)C(C)CN)CC(C)(C)C1. The van der Waals surface area contributed by atoms with E-state index < -0.39 is 0 Å². The highest BCUT2D eigenvalue weighted by atomic mass is 16.5. The zero-order chi connectivity index (χ0) is 12.3. The molecule has 0 radical (unpaired) electrons. The highest BCUT2D eigenvalue weighted by molar-refractivity contribution is 5.72. The molecule has 0 spiro atoms. The molecule has 3 unspecified atom stereocenters. The van der Waals surface area contributed by atoms with Gasteiger partial charge in [-0.15, -0.1) is 0 Å². The fraction of sp³-hybridized carbons (Fsp3) is 0.923. The zero-order valence-corrected chi connectivity index (χ0v) is 11.0. The van der Waals surface area contributed by atoms with E-state index >= 15 is 0 Å². The van der Waals surface area contributed by atoms with Crippen molar-refractivity contribution in [3.63, 3.8) is 0 Å². The predicted molar refractivity (Wildman–Crippen MR) is 64.9 cm³/mol. The highest BCUT2D eigenvalue weighted by Crippen LogP contribution is 2.39. The van der Waals surface area contributed by atoms with Crippen molar-refractivity contribution >= 4 is 5.97 Å². The predicted octanol–water partition coefficient (Wildman–Crippen LogP) is 2.34. The lowest BCUT2D eigenvalue weighted by atomic mass is 9.71. The van der Waals surface area contributed by atoms with Crippen LogP contribution in [0, 0.1) is 17.3 Å². The van der Waals surface area contributed by atoms with Crippen molar-refractivity contribution in [1.29, 1.82) is 0 Å². The number of hydrogen-bond acceptors (Lipinski definition) is 3. The molecule has 0 aliphatic heterocycles. The van der Waals surface area contributed by atoms with E-state index in [9.17, 15) is 4.79 Å². The van der Waals surface area contributed by atoms with Crippen LogP contribution in [-0.2, 0) is 9.53 Å². The minimum Gasteiger partial charge on any atom is -0.462 e. The smallest absolute Gasteiger partial charge is 0.310 e. The maximum absolute atomic E-state index is 11.7. The molecule has 16 heavy (non-hydrogen) atoms. The number of esters is 1. The lowest BCUT2D eigenvalue weighted by molar-refractivity contribution is -0.157. The van der Waals surface area contributed by atoms with Crippen LogP contribution in [0.3, 0.4) is 0 Å². The first kappa shape index (κ1) is 13.5. The summed E-state index contributed by atoms with van der Waals surface area (Å²) in [5.41, 5.74) is 5.74.